The molecule has 0 saturated carbocycles. The van der Waals surface area contributed by atoms with Gasteiger partial charge in [0.15, 0.2) is 0 Å². The molecule has 1 aromatic heterocycles. The maximum atomic E-state index is 13.5. The molecule has 0 aliphatic carbocycles. The number of fused-ring (bicyclic) bond motifs is 4. The number of anilines is 2. The van der Waals surface area contributed by atoms with Crippen LogP contribution in [0.1, 0.15) is 28.7 Å². The summed E-state index contributed by atoms with van der Waals surface area (Å²) < 4.78 is 1.74. The number of aromatic nitrogens is 2. The quantitative estimate of drug-likeness (QED) is 0.708. The second-order valence-corrected chi connectivity index (χ2v) is 8.09. The number of rotatable bonds is 2. The van der Waals surface area contributed by atoms with Gasteiger partial charge in [-0.15, -0.1) is 0 Å². The number of nitrogens with one attached hydrogen (secondary N) is 1. The molecule has 0 saturated heterocycles. The predicted molar refractivity (Wildman–Crippen MR) is 111 cm³/mol. The third-order valence-corrected chi connectivity index (χ3v) is 6.20. The van der Waals surface area contributed by atoms with Crippen molar-refractivity contribution in [1.82, 2.24) is 9.78 Å². The summed E-state index contributed by atoms with van der Waals surface area (Å²) in [5.74, 6) is 0.167. The maximum Gasteiger partial charge on any atom is 0.242 e. The average molecular weight is 407 g/mol. The number of amides is 2. The van der Waals surface area contributed by atoms with Crippen molar-refractivity contribution in [2.24, 2.45) is 0 Å². The predicted octanol–water partition coefficient (Wildman–Crippen LogP) is 3.50. The Bertz CT molecular complexity index is 1170. The van der Waals surface area contributed by atoms with E-state index < -0.39 is 5.41 Å². The van der Waals surface area contributed by atoms with E-state index in [1.807, 2.05) is 43.3 Å². The van der Waals surface area contributed by atoms with Gasteiger partial charge in [0.1, 0.15) is 11.2 Å². The molecule has 5 rings (SSSR count). The molecule has 3 aromatic rings. The molecule has 2 amide bonds. The van der Waals surface area contributed by atoms with Crippen molar-refractivity contribution in [2.75, 3.05) is 17.3 Å². The van der Waals surface area contributed by atoms with Crippen LogP contribution >= 0.6 is 11.6 Å². The smallest absolute Gasteiger partial charge is 0.242 e. The lowest BCUT2D eigenvalue weighted by Crippen LogP contribution is -2.45. The fourth-order valence-electron chi connectivity index (χ4n) is 4.46. The van der Waals surface area contributed by atoms with Crippen LogP contribution in [0.3, 0.4) is 0 Å². The monoisotopic (exact) mass is 406 g/mol. The highest BCUT2D eigenvalue weighted by Crippen LogP contribution is 2.53. The van der Waals surface area contributed by atoms with Gasteiger partial charge in [0.25, 0.3) is 0 Å². The van der Waals surface area contributed by atoms with Crippen molar-refractivity contribution in [3.63, 3.8) is 0 Å². The lowest BCUT2D eigenvalue weighted by molar-refractivity contribution is -0.126. The summed E-state index contributed by atoms with van der Waals surface area (Å²) in [4.78, 5) is 27.8. The van der Waals surface area contributed by atoms with Gasteiger partial charge in [0, 0.05) is 35.3 Å². The normalized spacial score (nSPS) is 20.0. The topological polar surface area (TPSA) is 67.2 Å². The van der Waals surface area contributed by atoms with E-state index in [1.54, 1.807) is 28.9 Å². The highest BCUT2D eigenvalue weighted by atomic mass is 35.5. The van der Waals surface area contributed by atoms with Gasteiger partial charge >= 0.3 is 0 Å². The van der Waals surface area contributed by atoms with E-state index >= 15 is 0 Å². The summed E-state index contributed by atoms with van der Waals surface area (Å²) in [6.07, 6.45) is 1.70. The second kappa shape index (κ2) is 6.19. The second-order valence-electron chi connectivity index (χ2n) is 7.68. The van der Waals surface area contributed by atoms with Crippen LogP contribution in [0.25, 0.3) is 0 Å². The Labute approximate surface area is 173 Å². The Kier molecular flexibility index (Phi) is 3.83. The molecule has 1 spiro atoms. The molecule has 2 aliphatic heterocycles. The minimum atomic E-state index is -1.15. The zero-order valence-corrected chi connectivity index (χ0v) is 16.8. The molecule has 29 heavy (non-hydrogen) atoms. The van der Waals surface area contributed by atoms with Crippen LogP contribution < -0.4 is 10.2 Å². The van der Waals surface area contributed by atoms with Crippen LogP contribution in [0.4, 0.5) is 11.5 Å². The minimum absolute atomic E-state index is 0.0101. The van der Waals surface area contributed by atoms with Gasteiger partial charge < -0.3 is 10.2 Å². The molecule has 1 N–H and O–H groups in total. The average Bonchev–Trinajstić information content (AvgIpc) is 3.18. The lowest BCUT2D eigenvalue weighted by atomic mass is 9.71. The highest BCUT2D eigenvalue weighted by Gasteiger charge is 2.57. The summed E-state index contributed by atoms with van der Waals surface area (Å²) in [5.41, 5.74) is 3.19. The Hall–Kier alpha value is -3.12. The molecular formula is C22H19ClN4O2. The van der Waals surface area contributed by atoms with Crippen molar-refractivity contribution in [1.29, 1.82) is 0 Å². The Morgan fingerprint density at radius 3 is 2.69 bits per heavy atom. The fourth-order valence-corrected chi connectivity index (χ4v) is 4.79. The van der Waals surface area contributed by atoms with Gasteiger partial charge in [-0.2, -0.15) is 5.10 Å². The first kappa shape index (κ1) is 17.9. The standard InChI is InChI=1S/C22H19ClN4O2/c1-13-6-8-14(9-7-13)12-27-20-15(11-24-27)22(10-18(28)25-20)19-16(23)4-3-5-17(19)26(2)21(22)29/h3-9,11H,10,12H2,1-2H3,(H,25,28)/t22-/m0/s1. The SMILES string of the molecule is Cc1ccc(Cn2ncc3c2NC(=O)C[C@]32C(=O)N(C)c3cccc(Cl)c32)cc1. The van der Waals surface area contributed by atoms with E-state index in [0.717, 1.165) is 11.3 Å². The molecule has 3 heterocycles. The number of hydrogen-bond donors (Lipinski definition) is 1. The van der Waals surface area contributed by atoms with Gasteiger partial charge in [-0.3, -0.25) is 9.59 Å². The van der Waals surface area contributed by atoms with Gasteiger partial charge in [-0.05, 0) is 24.6 Å². The largest absolute Gasteiger partial charge is 0.314 e. The maximum absolute atomic E-state index is 13.5. The molecule has 0 fully saturated rings. The Balaban J connectivity index is 1.68. The van der Waals surface area contributed by atoms with Crippen LogP contribution in [0, 0.1) is 6.92 Å². The van der Waals surface area contributed by atoms with Crippen LogP contribution in [0.2, 0.25) is 5.02 Å². The summed E-state index contributed by atoms with van der Waals surface area (Å²) in [6, 6.07) is 13.6. The van der Waals surface area contributed by atoms with Crippen molar-refractivity contribution >= 4 is 34.9 Å². The van der Waals surface area contributed by atoms with Gasteiger partial charge in [-0.25, -0.2) is 4.68 Å². The molecule has 0 bridgehead atoms. The van der Waals surface area contributed by atoms with Crippen LogP contribution in [0.15, 0.2) is 48.7 Å². The van der Waals surface area contributed by atoms with Gasteiger partial charge in [-0.1, -0.05) is 47.5 Å². The number of carbonyl (C=O) groups excluding carboxylic acids is 2. The number of aryl methyl sites for hydroxylation is 1. The summed E-state index contributed by atoms with van der Waals surface area (Å²) in [5, 5.41) is 7.92. The van der Waals surface area contributed by atoms with E-state index in [4.69, 9.17) is 11.6 Å². The highest BCUT2D eigenvalue weighted by molar-refractivity contribution is 6.33. The first-order valence-corrected chi connectivity index (χ1v) is 9.78. The number of nitrogens with zero attached hydrogens (tertiary/aromatic N) is 3. The molecule has 0 radical (unpaired) electrons. The molecular weight excluding hydrogens is 388 g/mol. The zero-order valence-electron chi connectivity index (χ0n) is 16.1. The first-order valence-electron chi connectivity index (χ1n) is 9.40. The first-order chi connectivity index (χ1) is 13.9. The van der Waals surface area contributed by atoms with Crippen molar-refractivity contribution < 1.29 is 9.59 Å². The van der Waals surface area contributed by atoms with E-state index in [2.05, 4.69) is 10.4 Å². The van der Waals surface area contributed by atoms with Gasteiger partial charge in [0.05, 0.1) is 12.7 Å². The third-order valence-electron chi connectivity index (χ3n) is 5.89. The molecule has 2 aliphatic rings. The number of halogens is 1. The number of likely N-dealkylation sites (N-methyl/N-ethyl adjacent to an activating group) is 1. The van der Waals surface area contributed by atoms with Crippen LogP contribution in [-0.4, -0.2) is 28.6 Å². The summed E-state index contributed by atoms with van der Waals surface area (Å²) in [6.45, 7) is 2.53. The summed E-state index contributed by atoms with van der Waals surface area (Å²) in [7, 11) is 1.72. The van der Waals surface area contributed by atoms with Crippen molar-refractivity contribution in [2.45, 2.75) is 25.3 Å². The van der Waals surface area contributed by atoms with E-state index in [1.165, 1.54) is 5.56 Å². The number of benzene rings is 2. The molecule has 0 unspecified atom stereocenters. The third kappa shape index (κ3) is 2.45. The van der Waals surface area contributed by atoms with Gasteiger partial charge in [0.2, 0.25) is 11.8 Å². The molecule has 2 aromatic carbocycles. The van der Waals surface area contributed by atoms with E-state index in [0.29, 0.717) is 28.5 Å². The van der Waals surface area contributed by atoms with E-state index in [9.17, 15) is 9.59 Å². The Morgan fingerprint density at radius 1 is 1.17 bits per heavy atom. The lowest BCUT2D eigenvalue weighted by Gasteiger charge is -2.32. The fraction of sp³-hybridized carbons (Fsp3) is 0.227. The number of carbonyl (C=O) groups is 2. The van der Waals surface area contributed by atoms with Crippen molar-refractivity contribution in [3.05, 3.63) is 75.9 Å². The number of hydrogen-bond acceptors (Lipinski definition) is 3. The minimum Gasteiger partial charge on any atom is -0.314 e. The summed E-state index contributed by atoms with van der Waals surface area (Å²) >= 11 is 6.55. The molecule has 7 heteroatoms. The molecule has 146 valence electrons. The zero-order chi connectivity index (χ0) is 20.3. The molecule has 1 atom stereocenters. The van der Waals surface area contributed by atoms with Crippen LogP contribution in [0.5, 0.6) is 0 Å². The molecule has 6 nitrogen and oxygen atoms in total. The Morgan fingerprint density at radius 2 is 1.93 bits per heavy atom. The van der Waals surface area contributed by atoms with Crippen molar-refractivity contribution in [3.8, 4) is 0 Å². The van der Waals surface area contributed by atoms with E-state index in [-0.39, 0.29) is 18.2 Å². The van der Waals surface area contributed by atoms with Crippen LogP contribution in [-0.2, 0) is 21.5 Å².